The van der Waals surface area contributed by atoms with Gasteiger partial charge in [-0.05, 0) is 20.8 Å². The highest BCUT2D eigenvalue weighted by Crippen LogP contribution is 2.06. The minimum Gasteiger partial charge on any atom is -0.480 e. The van der Waals surface area contributed by atoms with Crippen LogP contribution in [-0.2, 0) is 14.3 Å². The molecule has 1 atom stereocenters. The van der Waals surface area contributed by atoms with Crippen LogP contribution >= 0.6 is 0 Å². The molecule has 0 rings (SSSR count). The van der Waals surface area contributed by atoms with E-state index >= 15 is 0 Å². The number of hydrogen-bond acceptors (Lipinski definition) is 4. The lowest BCUT2D eigenvalue weighted by molar-refractivity contribution is -0.141. The largest absolute Gasteiger partial charge is 0.480 e. The first-order chi connectivity index (χ1) is 7.76. The topological polar surface area (TPSA) is 84.9 Å². The maximum atomic E-state index is 11.3. The smallest absolute Gasteiger partial charge is 0.408 e. The van der Waals surface area contributed by atoms with Gasteiger partial charge < -0.3 is 19.9 Å². The first-order valence-corrected chi connectivity index (χ1v) is 5.17. The number of carbonyl (C=O) groups excluding carboxylic acids is 1. The summed E-state index contributed by atoms with van der Waals surface area (Å²) in [6.07, 6.45) is 0.707. The SMILES string of the molecule is C=CCOCC(NC(=O)OC(C)(C)C)C(=O)O. The number of hydrogen-bond donors (Lipinski definition) is 2. The maximum absolute atomic E-state index is 11.3. The molecule has 0 aliphatic heterocycles. The molecule has 2 N–H and O–H groups in total. The highest BCUT2D eigenvalue weighted by Gasteiger charge is 2.23. The lowest BCUT2D eigenvalue weighted by Crippen LogP contribution is -2.46. The van der Waals surface area contributed by atoms with Crippen LogP contribution in [-0.4, -0.2) is 42.0 Å². The Balaban J connectivity index is 4.20. The van der Waals surface area contributed by atoms with Gasteiger partial charge in [0.25, 0.3) is 0 Å². The van der Waals surface area contributed by atoms with E-state index in [1.165, 1.54) is 6.08 Å². The molecule has 0 heterocycles. The Labute approximate surface area is 101 Å². The Morgan fingerprint density at radius 1 is 1.47 bits per heavy atom. The van der Waals surface area contributed by atoms with Gasteiger partial charge in [0.05, 0.1) is 13.2 Å². The van der Waals surface area contributed by atoms with Gasteiger partial charge in [-0.15, -0.1) is 6.58 Å². The number of ether oxygens (including phenoxy) is 2. The van der Waals surface area contributed by atoms with Gasteiger partial charge in [0.15, 0.2) is 6.04 Å². The summed E-state index contributed by atoms with van der Waals surface area (Å²) in [5, 5.41) is 11.1. The number of rotatable bonds is 6. The van der Waals surface area contributed by atoms with Gasteiger partial charge in [-0.25, -0.2) is 9.59 Å². The number of carboxylic acids is 1. The van der Waals surface area contributed by atoms with Gasteiger partial charge >= 0.3 is 12.1 Å². The van der Waals surface area contributed by atoms with Crippen molar-refractivity contribution < 1.29 is 24.2 Å². The third-order valence-electron chi connectivity index (χ3n) is 1.51. The van der Waals surface area contributed by atoms with E-state index in [4.69, 9.17) is 14.6 Å². The van der Waals surface area contributed by atoms with Gasteiger partial charge in [0.2, 0.25) is 0 Å². The lowest BCUT2D eigenvalue weighted by atomic mass is 10.2. The highest BCUT2D eigenvalue weighted by molar-refractivity contribution is 5.80. The standard InChI is InChI=1S/C11H19NO5/c1-5-6-16-7-8(9(13)14)12-10(15)17-11(2,3)4/h5,8H,1,6-7H2,2-4H3,(H,12,15)(H,13,14). The summed E-state index contributed by atoms with van der Waals surface area (Å²) < 4.78 is 9.90. The average Bonchev–Trinajstić information content (AvgIpc) is 2.13. The molecule has 0 radical (unpaired) electrons. The van der Waals surface area contributed by atoms with Crippen LogP contribution in [0.5, 0.6) is 0 Å². The van der Waals surface area contributed by atoms with Crippen LogP contribution in [0, 0.1) is 0 Å². The predicted molar refractivity (Wildman–Crippen MR) is 61.8 cm³/mol. The fourth-order valence-electron chi connectivity index (χ4n) is 0.894. The van der Waals surface area contributed by atoms with Crippen LogP contribution in [0.3, 0.4) is 0 Å². The number of carbonyl (C=O) groups is 2. The van der Waals surface area contributed by atoms with E-state index in [9.17, 15) is 9.59 Å². The molecule has 0 bridgehead atoms. The Hall–Kier alpha value is -1.56. The molecule has 0 aliphatic rings. The minimum absolute atomic E-state index is 0.138. The van der Waals surface area contributed by atoms with Crippen LogP contribution < -0.4 is 5.32 Å². The van der Waals surface area contributed by atoms with E-state index in [-0.39, 0.29) is 13.2 Å². The maximum Gasteiger partial charge on any atom is 0.408 e. The lowest BCUT2D eigenvalue weighted by Gasteiger charge is -2.21. The normalized spacial score (nSPS) is 12.6. The van der Waals surface area contributed by atoms with Crippen LogP contribution in [0.25, 0.3) is 0 Å². The van der Waals surface area contributed by atoms with Crippen LogP contribution in [0.2, 0.25) is 0 Å². The van der Waals surface area contributed by atoms with E-state index < -0.39 is 23.7 Å². The van der Waals surface area contributed by atoms with E-state index in [2.05, 4.69) is 11.9 Å². The number of alkyl carbamates (subject to hydrolysis) is 1. The first kappa shape index (κ1) is 15.4. The molecule has 0 saturated heterocycles. The van der Waals surface area contributed by atoms with Crippen molar-refractivity contribution >= 4 is 12.1 Å². The zero-order valence-corrected chi connectivity index (χ0v) is 10.4. The molecule has 0 aromatic carbocycles. The number of aliphatic carboxylic acids is 1. The number of carboxylic acid groups (broad SMARTS) is 1. The Morgan fingerprint density at radius 2 is 2.06 bits per heavy atom. The highest BCUT2D eigenvalue weighted by atomic mass is 16.6. The van der Waals surface area contributed by atoms with Crippen molar-refractivity contribution in [1.29, 1.82) is 0 Å². The van der Waals surface area contributed by atoms with E-state index in [0.29, 0.717) is 0 Å². The molecule has 0 spiro atoms. The summed E-state index contributed by atoms with van der Waals surface area (Å²) in [5.74, 6) is -1.18. The van der Waals surface area contributed by atoms with Gasteiger partial charge in [0.1, 0.15) is 5.60 Å². The van der Waals surface area contributed by atoms with Crippen molar-refractivity contribution in [2.45, 2.75) is 32.4 Å². The third kappa shape index (κ3) is 8.27. The van der Waals surface area contributed by atoms with Crippen molar-refractivity contribution in [3.05, 3.63) is 12.7 Å². The molecular weight excluding hydrogens is 226 g/mol. The molecule has 6 nitrogen and oxygen atoms in total. The van der Waals surface area contributed by atoms with Crippen molar-refractivity contribution in [2.75, 3.05) is 13.2 Å². The molecule has 0 aromatic heterocycles. The van der Waals surface area contributed by atoms with Crippen molar-refractivity contribution in [3.63, 3.8) is 0 Å². The predicted octanol–water partition coefficient (Wildman–Crippen LogP) is 1.17. The van der Waals surface area contributed by atoms with E-state index in [0.717, 1.165) is 0 Å². The monoisotopic (exact) mass is 245 g/mol. The Kier molecular flexibility index (Phi) is 6.27. The van der Waals surface area contributed by atoms with E-state index in [1.807, 2.05) is 0 Å². The summed E-state index contributed by atoms with van der Waals surface area (Å²) in [7, 11) is 0. The second-order valence-corrected chi connectivity index (χ2v) is 4.36. The molecule has 0 saturated carbocycles. The fraction of sp³-hybridized carbons (Fsp3) is 0.636. The Morgan fingerprint density at radius 3 is 2.47 bits per heavy atom. The summed E-state index contributed by atoms with van der Waals surface area (Å²) >= 11 is 0. The summed E-state index contributed by atoms with van der Waals surface area (Å²) in [4.78, 5) is 22.2. The quantitative estimate of drug-likeness (QED) is 0.542. The number of nitrogens with one attached hydrogen (secondary N) is 1. The Bertz CT molecular complexity index is 282. The van der Waals surface area contributed by atoms with Gasteiger partial charge in [0, 0.05) is 0 Å². The summed E-state index contributed by atoms with van der Waals surface area (Å²) in [6.45, 7) is 8.58. The molecule has 0 aliphatic carbocycles. The molecule has 17 heavy (non-hydrogen) atoms. The molecule has 98 valence electrons. The van der Waals surface area contributed by atoms with Crippen molar-refractivity contribution in [3.8, 4) is 0 Å². The van der Waals surface area contributed by atoms with Crippen LogP contribution in [0.1, 0.15) is 20.8 Å². The third-order valence-corrected chi connectivity index (χ3v) is 1.51. The fourth-order valence-corrected chi connectivity index (χ4v) is 0.894. The summed E-state index contributed by atoms with van der Waals surface area (Å²) in [5.41, 5.74) is -0.672. The summed E-state index contributed by atoms with van der Waals surface area (Å²) in [6, 6.07) is -1.13. The molecule has 6 heteroatoms. The van der Waals surface area contributed by atoms with Gasteiger partial charge in [-0.3, -0.25) is 0 Å². The first-order valence-electron chi connectivity index (χ1n) is 5.17. The molecule has 0 aromatic rings. The zero-order chi connectivity index (χ0) is 13.5. The second kappa shape index (κ2) is 6.90. The van der Waals surface area contributed by atoms with Crippen LogP contribution in [0.4, 0.5) is 4.79 Å². The van der Waals surface area contributed by atoms with Crippen LogP contribution in [0.15, 0.2) is 12.7 Å². The molecule has 0 fully saturated rings. The van der Waals surface area contributed by atoms with Gasteiger partial charge in [-0.1, -0.05) is 6.08 Å². The minimum atomic E-state index is -1.18. The average molecular weight is 245 g/mol. The molecule has 1 amide bonds. The van der Waals surface area contributed by atoms with Gasteiger partial charge in [-0.2, -0.15) is 0 Å². The second-order valence-electron chi connectivity index (χ2n) is 4.36. The van der Waals surface area contributed by atoms with Crippen molar-refractivity contribution in [1.82, 2.24) is 5.32 Å². The van der Waals surface area contributed by atoms with Crippen molar-refractivity contribution in [2.24, 2.45) is 0 Å². The molecular formula is C11H19NO5. The molecule has 1 unspecified atom stereocenters. The number of amides is 1. The van der Waals surface area contributed by atoms with E-state index in [1.54, 1.807) is 20.8 Å². The zero-order valence-electron chi connectivity index (χ0n) is 10.4.